The van der Waals surface area contributed by atoms with E-state index in [4.69, 9.17) is 5.26 Å². The van der Waals surface area contributed by atoms with Crippen LogP contribution in [0.4, 0.5) is 23.3 Å². The highest BCUT2D eigenvalue weighted by Crippen LogP contribution is 2.27. The summed E-state index contributed by atoms with van der Waals surface area (Å²) in [6, 6.07) is 17.4. The molecule has 1 amide bonds. The van der Waals surface area contributed by atoms with Crippen LogP contribution in [-0.2, 0) is 4.79 Å². The zero-order valence-electron chi connectivity index (χ0n) is 19.8. The number of nitriles is 1. The van der Waals surface area contributed by atoms with Gasteiger partial charge in [-0.05, 0) is 48.7 Å². The molecule has 1 aliphatic heterocycles. The van der Waals surface area contributed by atoms with Crippen LogP contribution in [0.3, 0.4) is 0 Å². The standard InChI is InChI=1S/C26H25N9O/c1-18(36)31-22-3-2-4-23(13-22)32-25-28-17-29-26(33-25)34-11-9-24(10-12-34)35-16-21(15-30-35)20-7-5-19(14-27)6-8-20/h2-8,13,15-17,24H,9-12H2,1H3,(H,31,36)(H,28,29,32,33). The molecule has 0 spiro atoms. The molecule has 10 nitrogen and oxygen atoms in total. The van der Waals surface area contributed by atoms with Crippen molar-refractivity contribution in [2.45, 2.75) is 25.8 Å². The first-order valence-electron chi connectivity index (χ1n) is 11.7. The molecule has 36 heavy (non-hydrogen) atoms. The number of nitrogens with one attached hydrogen (secondary N) is 2. The Bertz CT molecular complexity index is 1400. The van der Waals surface area contributed by atoms with Crippen molar-refractivity contribution in [3.8, 4) is 17.2 Å². The molecule has 2 N–H and O–H groups in total. The molecular weight excluding hydrogens is 454 g/mol. The van der Waals surface area contributed by atoms with Crippen molar-refractivity contribution in [1.82, 2.24) is 24.7 Å². The Morgan fingerprint density at radius 3 is 2.58 bits per heavy atom. The number of anilines is 4. The monoisotopic (exact) mass is 479 g/mol. The third-order valence-corrected chi connectivity index (χ3v) is 6.07. The number of carbonyl (C=O) groups excluding carboxylic acids is 1. The fraction of sp³-hybridized carbons (Fsp3) is 0.231. The van der Waals surface area contributed by atoms with Gasteiger partial charge in [0.1, 0.15) is 6.33 Å². The number of hydrogen-bond donors (Lipinski definition) is 2. The van der Waals surface area contributed by atoms with Gasteiger partial charge in [-0.2, -0.15) is 15.3 Å². The molecule has 1 aliphatic rings. The topological polar surface area (TPSA) is 125 Å². The summed E-state index contributed by atoms with van der Waals surface area (Å²) in [5.41, 5.74) is 4.20. The second kappa shape index (κ2) is 10.2. The maximum atomic E-state index is 11.3. The average Bonchev–Trinajstić information content (AvgIpc) is 3.39. The summed E-state index contributed by atoms with van der Waals surface area (Å²) in [6.07, 6.45) is 7.29. The fourth-order valence-electron chi connectivity index (χ4n) is 4.26. The van der Waals surface area contributed by atoms with Crippen molar-refractivity contribution < 1.29 is 4.79 Å². The van der Waals surface area contributed by atoms with Crippen LogP contribution in [0, 0.1) is 11.3 Å². The van der Waals surface area contributed by atoms with Gasteiger partial charge in [0.05, 0.1) is 23.9 Å². The van der Waals surface area contributed by atoms with E-state index in [1.165, 1.54) is 13.3 Å². The second-order valence-electron chi connectivity index (χ2n) is 8.61. The van der Waals surface area contributed by atoms with Crippen LogP contribution in [0.5, 0.6) is 0 Å². The molecule has 10 heteroatoms. The van der Waals surface area contributed by atoms with Gasteiger partial charge < -0.3 is 15.5 Å². The molecule has 0 unspecified atom stereocenters. The normalized spacial score (nSPS) is 13.7. The third kappa shape index (κ3) is 5.31. The van der Waals surface area contributed by atoms with E-state index in [1.54, 1.807) is 0 Å². The van der Waals surface area contributed by atoms with Crippen LogP contribution in [0.15, 0.2) is 67.3 Å². The highest BCUT2D eigenvalue weighted by atomic mass is 16.1. The van der Waals surface area contributed by atoms with E-state index in [0.29, 0.717) is 29.2 Å². The SMILES string of the molecule is CC(=O)Nc1cccc(Nc2ncnc(N3CCC(n4cc(-c5ccc(C#N)cc5)cn4)CC3)n2)c1. The van der Waals surface area contributed by atoms with Gasteiger partial charge in [0.15, 0.2) is 0 Å². The Morgan fingerprint density at radius 1 is 1.06 bits per heavy atom. The van der Waals surface area contributed by atoms with E-state index in [1.807, 2.05) is 59.4 Å². The van der Waals surface area contributed by atoms with Gasteiger partial charge in [-0.25, -0.2) is 9.97 Å². The highest BCUT2D eigenvalue weighted by molar-refractivity contribution is 5.89. The van der Waals surface area contributed by atoms with Crippen molar-refractivity contribution in [3.05, 3.63) is 72.8 Å². The summed E-state index contributed by atoms with van der Waals surface area (Å²) in [4.78, 5) is 26.7. The van der Waals surface area contributed by atoms with Crippen molar-refractivity contribution in [3.63, 3.8) is 0 Å². The van der Waals surface area contributed by atoms with Crippen LogP contribution >= 0.6 is 0 Å². The number of aromatic nitrogens is 5. The lowest BCUT2D eigenvalue weighted by Crippen LogP contribution is -2.36. The summed E-state index contributed by atoms with van der Waals surface area (Å²) >= 11 is 0. The van der Waals surface area contributed by atoms with Gasteiger partial charge in [0, 0.05) is 43.1 Å². The van der Waals surface area contributed by atoms with Gasteiger partial charge in [-0.1, -0.05) is 18.2 Å². The van der Waals surface area contributed by atoms with Gasteiger partial charge in [-0.15, -0.1) is 0 Å². The number of amides is 1. The maximum absolute atomic E-state index is 11.3. The fourth-order valence-corrected chi connectivity index (χ4v) is 4.26. The van der Waals surface area contributed by atoms with Crippen molar-refractivity contribution in [2.24, 2.45) is 0 Å². The molecule has 2 aromatic carbocycles. The summed E-state index contributed by atoms with van der Waals surface area (Å²) in [6.45, 7) is 3.08. The van der Waals surface area contributed by atoms with Crippen molar-refractivity contribution >= 4 is 29.2 Å². The smallest absolute Gasteiger partial charge is 0.231 e. The molecule has 1 fully saturated rings. The average molecular weight is 480 g/mol. The molecule has 0 saturated carbocycles. The predicted molar refractivity (Wildman–Crippen MR) is 137 cm³/mol. The van der Waals surface area contributed by atoms with E-state index in [0.717, 1.165) is 42.7 Å². The number of rotatable bonds is 6. The molecule has 2 aromatic heterocycles. The van der Waals surface area contributed by atoms with E-state index in [9.17, 15) is 4.79 Å². The molecule has 1 saturated heterocycles. The Labute approximate surface area is 208 Å². The molecule has 0 atom stereocenters. The Morgan fingerprint density at radius 2 is 1.83 bits per heavy atom. The molecule has 180 valence electrons. The first-order valence-corrected chi connectivity index (χ1v) is 11.7. The summed E-state index contributed by atoms with van der Waals surface area (Å²) in [5.74, 6) is 0.947. The predicted octanol–water partition coefficient (Wildman–Crippen LogP) is 4.15. The van der Waals surface area contributed by atoms with E-state index < -0.39 is 0 Å². The van der Waals surface area contributed by atoms with Gasteiger partial charge in [-0.3, -0.25) is 9.48 Å². The first-order chi connectivity index (χ1) is 17.6. The quantitative estimate of drug-likeness (QED) is 0.423. The number of benzene rings is 2. The van der Waals surface area contributed by atoms with Crippen LogP contribution < -0.4 is 15.5 Å². The lowest BCUT2D eigenvalue weighted by Gasteiger charge is -2.32. The van der Waals surface area contributed by atoms with Gasteiger partial charge in [0.2, 0.25) is 17.8 Å². The minimum absolute atomic E-state index is 0.126. The first kappa shape index (κ1) is 23.0. The third-order valence-electron chi connectivity index (χ3n) is 6.07. The lowest BCUT2D eigenvalue weighted by molar-refractivity contribution is -0.114. The second-order valence-corrected chi connectivity index (χ2v) is 8.61. The van der Waals surface area contributed by atoms with Crippen LogP contribution in [0.25, 0.3) is 11.1 Å². The van der Waals surface area contributed by atoms with Crippen molar-refractivity contribution in [1.29, 1.82) is 5.26 Å². The number of piperidine rings is 1. The number of carbonyl (C=O) groups is 1. The lowest BCUT2D eigenvalue weighted by atomic mass is 10.1. The molecule has 3 heterocycles. The Kier molecular flexibility index (Phi) is 6.53. The van der Waals surface area contributed by atoms with Crippen LogP contribution in [-0.4, -0.2) is 43.7 Å². The van der Waals surface area contributed by atoms with Gasteiger partial charge >= 0.3 is 0 Å². The maximum Gasteiger partial charge on any atom is 0.231 e. The Hall–Kier alpha value is -4.78. The van der Waals surface area contributed by atoms with Gasteiger partial charge in [0.25, 0.3) is 0 Å². The zero-order valence-corrected chi connectivity index (χ0v) is 19.8. The van der Waals surface area contributed by atoms with E-state index in [2.05, 4.69) is 47.9 Å². The highest BCUT2D eigenvalue weighted by Gasteiger charge is 2.23. The zero-order chi connectivity index (χ0) is 24.9. The molecule has 4 aromatic rings. The molecule has 0 aliphatic carbocycles. The summed E-state index contributed by atoms with van der Waals surface area (Å²) in [5, 5.41) is 19.5. The summed E-state index contributed by atoms with van der Waals surface area (Å²) in [7, 11) is 0. The van der Waals surface area contributed by atoms with E-state index in [-0.39, 0.29) is 5.91 Å². The molecule has 0 radical (unpaired) electrons. The Balaban J connectivity index is 1.21. The number of hydrogen-bond acceptors (Lipinski definition) is 8. The molecule has 0 bridgehead atoms. The minimum Gasteiger partial charge on any atom is -0.341 e. The van der Waals surface area contributed by atoms with Crippen molar-refractivity contribution in [2.75, 3.05) is 28.6 Å². The molecular formula is C26H25N9O. The minimum atomic E-state index is -0.126. The summed E-state index contributed by atoms with van der Waals surface area (Å²) < 4.78 is 2.04. The van der Waals surface area contributed by atoms with Crippen LogP contribution in [0.1, 0.15) is 31.4 Å². The van der Waals surface area contributed by atoms with E-state index >= 15 is 0 Å². The largest absolute Gasteiger partial charge is 0.341 e. The molecule has 5 rings (SSSR count). The number of nitrogens with zero attached hydrogens (tertiary/aromatic N) is 7. The van der Waals surface area contributed by atoms with Crippen LogP contribution in [0.2, 0.25) is 0 Å².